The summed E-state index contributed by atoms with van der Waals surface area (Å²) in [5, 5.41) is 0. The van der Waals surface area contributed by atoms with Crippen LogP contribution in [0.15, 0.2) is 0 Å². The number of ether oxygens (including phenoxy) is 2. The molecule has 7 heteroatoms. The van der Waals surface area contributed by atoms with Gasteiger partial charge in [-0.1, -0.05) is 0 Å². The van der Waals surface area contributed by atoms with Gasteiger partial charge in [0.2, 0.25) is 0 Å². The maximum absolute atomic E-state index is 5.64. The largest absolute Gasteiger partial charge is 0.679 e. The van der Waals surface area contributed by atoms with Gasteiger partial charge in [-0.3, -0.25) is 0 Å². The van der Waals surface area contributed by atoms with Gasteiger partial charge in [0.15, 0.2) is 0 Å². The van der Waals surface area contributed by atoms with E-state index in [4.69, 9.17) is 27.2 Å². The minimum absolute atomic E-state index is 0.310. The fourth-order valence-corrected chi connectivity index (χ4v) is 3.10. The first-order chi connectivity index (χ1) is 8.76. The Morgan fingerprint density at radius 3 is 2.28 bits per heavy atom. The van der Waals surface area contributed by atoms with E-state index in [0.717, 1.165) is 13.0 Å². The maximum atomic E-state index is 5.64. The number of hydrogen-bond donors (Lipinski definition) is 0. The minimum Gasteiger partial charge on any atom is -0.379 e. The van der Waals surface area contributed by atoms with Crippen LogP contribution >= 0.6 is 0 Å². The standard InChI is InChI=1S/C11H24O6Si/c1-4-15-18(12-3,16-5-2)17-8-6-7-13-9-11-10-14-11/h11H,4-10H2,1-3H3. The second-order valence-corrected chi connectivity index (χ2v) is 6.08. The van der Waals surface area contributed by atoms with E-state index >= 15 is 0 Å². The van der Waals surface area contributed by atoms with Crippen molar-refractivity contribution in [2.75, 3.05) is 46.8 Å². The normalized spacial score (nSPS) is 19.2. The lowest BCUT2D eigenvalue weighted by Crippen LogP contribution is -2.48. The third-order valence-electron chi connectivity index (χ3n) is 2.31. The maximum Gasteiger partial charge on any atom is 0.679 e. The van der Waals surface area contributed by atoms with Crippen molar-refractivity contribution in [3.8, 4) is 0 Å². The smallest absolute Gasteiger partial charge is 0.379 e. The lowest BCUT2D eigenvalue weighted by atomic mass is 10.5. The van der Waals surface area contributed by atoms with Crippen LogP contribution in [0.1, 0.15) is 20.3 Å². The van der Waals surface area contributed by atoms with Crippen LogP contribution in [-0.2, 0) is 27.2 Å². The van der Waals surface area contributed by atoms with Gasteiger partial charge in [0, 0.05) is 33.5 Å². The molecule has 6 nitrogen and oxygen atoms in total. The van der Waals surface area contributed by atoms with Crippen molar-refractivity contribution >= 4 is 9.05 Å². The van der Waals surface area contributed by atoms with Crippen LogP contribution in [0.2, 0.25) is 0 Å². The zero-order chi connectivity index (χ0) is 13.3. The van der Waals surface area contributed by atoms with Gasteiger partial charge < -0.3 is 27.2 Å². The van der Waals surface area contributed by atoms with Crippen molar-refractivity contribution in [2.45, 2.75) is 26.4 Å². The molecule has 0 aromatic carbocycles. The molecule has 108 valence electrons. The fourth-order valence-electron chi connectivity index (χ4n) is 1.39. The molecule has 1 unspecified atom stereocenters. The highest BCUT2D eigenvalue weighted by Gasteiger charge is 2.43. The second kappa shape index (κ2) is 8.97. The van der Waals surface area contributed by atoms with Crippen molar-refractivity contribution in [2.24, 2.45) is 0 Å². The first kappa shape index (κ1) is 16.0. The van der Waals surface area contributed by atoms with Crippen molar-refractivity contribution in [1.82, 2.24) is 0 Å². The summed E-state index contributed by atoms with van der Waals surface area (Å²) in [6.45, 7) is 7.45. The van der Waals surface area contributed by atoms with Gasteiger partial charge in [0.25, 0.3) is 0 Å². The first-order valence-electron chi connectivity index (χ1n) is 6.42. The SMILES string of the molecule is CCO[Si](OC)(OCC)OCCCOCC1CO1. The molecular weight excluding hydrogens is 256 g/mol. The molecule has 1 fully saturated rings. The molecular formula is C11H24O6Si. The van der Waals surface area contributed by atoms with Crippen LogP contribution in [0.4, 0.5) is 0 Å². The lowest BCUT2D eigenvalue weighted by molar-refractivity contribution is -0.0212. The van der Waals surface area contributed by atoms with Gasteiger partial charge in [0.05, 0.1) is 13.2 Å². The van der Waals surface area contributed by atoms with Crippen molar-refractivity contribution < 1.29 is 27.2 Å². The average molecular weight is 280 g/mol. The molecule has 0 N–H and O–H groups in total. The first-order valence-corrected chi connectivity index (χ1v) is 8.06. The summed E-state index contributed by atoms with van der Waals surface area (Å²) in [7, 11) is -1.37. The zero-order valence-electron chi connectivity index (χ0n) is 11.5. The molecule has 1 saturated heterocycles. The van der Waals surface area contributed by atoms with E-state index in [9.17, 15) is 0 Å². The summed E-state index contributed by atoms with van der Waals surface area (Å²) in [4.78, 5) is 0. The van der Waals surface area contributed by atoms with Crippen molar-refractivity contribution in [1.29, 1.82) is 0 Å². The van der Waals surface area contributed by atoms with E-state index in [1.54, 1.807) is 7.11 Å². The van der Waals surface area contributed by atoms with Crippen molar-refractivity contribution in [3.05, 3.63) is 0 Å². The highest BCUT2D eigenvalue weighted by Crippen LogP contribution is 2.11. The Hall–Kier alpha value is -0.0231. The predicted octanol–water partition coefficient (Wildman–Crippen LogP) is 0.964. The average Bonchev–Trinajstić information content (AvgIpc) is 3.18. The highest BCUT2D eigenvalue weighted by molar-refractivity contribution is 6.53. The quantitative estimate of drug-likeness (QED) is 0.301. The molecule has 0 saturated carbocycles. The Bertz CT molecular complexity index is 206. The minimum atomic E-state index is -2.92. The van der Waals surface area contributed by atoms with Crippen molar-refractivity contribution in [3.63, 3.8) is 0 Å². The van der Waals surface area contributed by atoms with E-state index in [0.29, 0.717) is 39.1 Å². The predicted molar refractivity (Wildman–Crippen MR) is 67.1 cm³/mol. The van der Waals surface area contributed by atoms with E-state index in [-0.39, 0.29) is 0 Å². The molecule has 0 aromatic rings. The monoisotopic (exact) mass is 280 g/mol. The number of hydrogen-bond acceptors (Lipinski definition) is 6. The molecule has 1 atom stereocenters. The molecule has 0 bridgehead atoms. The summed E-state index contributed by atoms with van der Waals surface area (Å²) in [5.41, 5.74) is 0. The summed E-state index contributed by atoms with van der Waals surface area (Å²) < 4.78 is 32.4. The molecule has 1 aliphatic rings. The fraction of sp³-hybridized carbons (Fsp3) is 1.00. The summed E-state index contributed by atoms with van der Waals surface area (Å²) in [6.07, 6.45) is 1.09. The Labute approximate surface area is 110 Å². The third kappa shape index (κ3) is 6.23. The summed E-state index contributed by atoms with van der Waals surface area (Å²) >= 11 is 0. The summed E-state index contributed by atoms with van der Waals surface area (Å²) in [6, 6.07) is 0. The van der Waals surface area contributed by atoms with Gasteiger partial charge in [0.1, 0.15) is 6.10 Å². The van der Waals surface area contributed by atoms with Crippen LogP contribution in [0.5, 0.6) is 0 Å². The van der Waals surface area contributed by atoms with Crippen LogP contribution < -0.4 is 0 Å². The Morgan fingerprint density at radius 2 is 1.78 bits per heavy atom. The van der Waals surface area contributed by atoms with E-state index < -0.39 is 9.05 Å². The molecule has 0 spiro atoms. The van der Waals surface area contributed by atoms with Gasteiger partial charge in [-0.05, 0) is 20.3 Å². The van der Waals surface area contributed by atoms with Crippen LogP contribution in [0.25, 0.3) is 0 Å². The highest BCUT2D eigenvalue weighted by atomic mass is 28.4. The van der Waals surface area contributed by atoms with E-state index in [2.05, 4.69) is 0 Å². The van der Waals surface area contributed by atoms with Gasteiger partial charge in [-0.2, -0.15) is 0 Å². The molecule has 0 amide bonds. The topological polar surface area (TPSA) is 58.7 Å². The second-order valence-electron chi connectivity index (χ2n) is 3.80. The van der Waals surface area contributed by atoms with Crippen LogP contribution in [-0.4, -0.2) is 61.9 Å². The van der Waals surface area contributed by atoms with Gasteiger partial charge in [-0.15, -0.1) is 0 Å². The molecule has 0 aliphatic carbocycles. The Kier molecular flexibility index (Phi) is 7.99. The molecule has 1 rings (SSSR count). The molecule has 1 aliphatic heterocycles. The Balaban J connectivity index is 2.10. The van der Waals surface area contributed by atoms with Crippen LogP contribution in [0.3, 0.4) is 0 Å². The van der Waals surface area contributed by atoms with E-state index in [1.807, 2.05) is 13.8 Å². The van der Waals surface area contributed by atoms with E-state index in [1.165, 1.54) is 0 Å². The number of epoxide rings is 1. The molecule has 0 aromatic heterocycles. The summed E-state index contributed by atoms with van der Waals surface area (Å²) in [5.74, 6) is 0. The molecule has 18 heavy (non-hydrogen) atoms. The Morgan fingerprint density at radius 1 is 1.11 bits per heavy atom. The zero-order valence-corrected chi connectivity index (χ0v) is 12.5. The lowest BCUT2D eigenvalue weighted by Gasteiger charge is -2.25. The number of rotatable bonds is 12. The molecule has 1 heterocycles. The molecule has 0 radical (unpaired) electrons. The third-order valence-corrected chi connectivity index (χ3v) is 4.65. The van der Waals surface area contributed by atoms with Gasteiger partial charge >= 0.3 is 9.05 Å². The van der Waals surface area contributed by atoms with Crippen LogP contribution in [0, 0.1) is 0 Å². The van der Waals surface area contributed by atoms with Gasteiger partial charge in [-0.25, -0.2) is 0 Å².